The van der Waals surface area contributed by atoms with E-state index in [1.165, 1.54) is 18.2 Å². The van der Waals surface area contributed by atoms with E-state index in [0.717, 1.165) is 31.9 Å². The molecule has 3 N–H and O–H groups in total. The number of rotatable bonds is 7. The average Bonchev–Trinajstić information content (AvgIpc) is 2.88. The molecule has 1 aliphatic rings. The van der Waals surface area contributed by atoms with Gasteiger partial charge in [-0.25, -0.2) is 23.1 Å². The van der Waals surface area contributed by atoms with Crippen molar-refractivity contribution >= 4 is 22.4 Å². The Hall–Kier alpha value is -3.99. The molecule has 1 aliphatic heterocycles. The monoisotopic (exact) mass is 540 g/mol. The first-order chi connectivity index (χ1) is 18.7. The first-order valence-electron chi connectivity index (χ1n) is 12.7. The lowest BCUT2D eigenvalue weighted by atomic mass is 9.99. The third-order valence-corrected chi connectivity index (χ3v) is 7.01. The Morgan fingerprint density at radius 1 is 0.974 bits per heavy atom. The maximum Gasteiger partial charge on any atom is 0.261 e. The van der Waals surface area contributed by atoms with Crippen LogP contribution in [-0.4, -0.2) is 59.0 Å². The Balaban J connectivity index is 1.37. The molecule has 0 saturated carbocycles. The molecule has 11 heteroatoms. The minimum atomic E-state index is -2.26. The summed E-state index contributed by atoms with van der Waals surface area (Å²) >= 11 is 0. The number of nitrogens with two attached hydrogens (primary N) is 1. The molecule has 4 aromatic rings. The van der Waals surface area contributed by atoms with E-state index in [2.05, 4.69) is 24.8 Å². The van der Waals surface area contributed by atoms with Crippen LogP contribution in [0.2, 0.25) is 0 Å². The van der Waals surface area contributed by atoms with E-state index >= 15 is 0 Å². The zero-order valence-corrected chi connectivity index (χ0v) is 21.4. The standard InChI is InChI=1S/C28H28F4N6O/c1-16-34-23-14-18(13-22(29)25(23)28(39)35-16)21-15-20(26(32)36-27(21)33)17-4-6-19(7-5-17)38-11-9-37(10-12-38)8-2-3-24(30)31/h4-7,13-15,24H,2-3,8-12H2,1H3,(H2,33,36)(H,34,35,39). The summed E-state index contributed by atoms with van der Waals surface area (Å²) in [5.41, 5.74) is 7.99. The van der Waals surface area contributed by atoms with Gasteiger partial charge in [0, 0.05) is 49.4 Å². The van der Waals surface area contributed by atoms with Crippen molar-refractivity contribution in [2.24, 2.45) is 0 Å². The van der Waals surface area contributed by atoms with Gasteiger partial charge < -0.3 is 15.6 Å². The van der Waals surface area contributed by atoms with Gasteiger partial charge in [0.15, 0.2) is 0 Å². The lowest BCUT2D eigenvalue weighted by Crippen LogP contribution is -2.46. The number of alkyl halides is 2. The Labute approximate surface area is 222 Å². The molecule has 0 amide bonds. The molecule has 7 nitrogen and oxygen atoms in total. The average molecular weight is 541 g/mol. The molecule has 0 spiro atoms. The number of anilines is 2. The van der Waals surface area contributed by atoms with E-state index in [1.54, 1.807) is 19.1 Å². The molecule has 3 heterocycles. The van der Waals surface area contributed by atoms with E-state index in [9.17, 15) is 22.4 Å². The number of aromatic nitrogens is 3. The second-order valence-electron chi connectivity index (χ2n) is 9.67. The molecular formula is C28H28F4N6O. The van der Waals surface area contributed by atoms with Gasteiger partial charge in [0.1, 0.15) is 22.8 Å². The maximum absolute atomic E-state index is 14.9. The number of nitrogens with one attached hydrogen (secondary N) is 1. The van der Waals surface area contributed by atoms with Gasteiger partial charge in [-0.3, -0.25) is 9.69 Å². The molecule has 2 aromatic heterocycles. The van der Waals surface area contributed by atoms with Gasteiger partial charge in [0.2, 0.25) is 12.4 Å². The third kappa shape index (κ3) is 5.73. The summed E-state index contributed by atoms with van der Waals surface area (Å²) in [5, 5.41) is -0.164. The predicted octanol–water partition coefficient (Wildman–Crippen LogP) is 4.99. The van der Waals surface area contributed by atoms with Crippen molar-refractivity contribution in [3.8, 4) is 22.3 Å². The van der Waals surface area contributed by atoms with Crippen molar-refractivity contribution < 1.29 is 17.6 Å². The molecule has 1 fully saturated rings. The van der Waals surface area contributed by atoms with Gasteiger partial charge in [0.05, 0.1) is 5.52 Å². The summed E-state index contributed by atoms with van der Waals surface area (Å²) in [5.74, 6) is -1.30. The minimum Gasteiger partial charge on any atom is -0.383 e. The van der Waals surface area contributed by atoms with Crippen LogP contribution in [0.1, 0.15) is 18.7 Å². The highest BCUT2D eigenvalue weighted by molar-refractivity contribution is 5.88. The number of aryl methyl sites for hydroxylation is 1. The van der Waals surface area contributed by atoms with Crippen LogP contribution >= 0.6 is 0 Å². The fraction of sp³-hybridized carbons (Fsp3) is 0.321. The number of nitrogens with zero attached hydrogens (tertiary/aromatic N) is 4. The number of benzene rings is 2. The number of hydrogen-bond acceptors (Lipinski definition) is 6. The number of pyridine rings is 1. The second kappa shape index (κ2) is 11.0. The van der Waals surface area contributed by atoms with E-state index < -0.39 is 23.7 Å². The number of halogens is 4. The van der Waals surface area contributed by atoms with Gasteiger partial charge in [-0.05, 0) is 61.3 Å². The molecule has 0 radical (unpaired) electrons. The second-order valence-corrected chi connectivity index (χ2v) is 9.67. The van der Waals surface area contributed by atoms with Crippen LogP contribution < -0.4 is 16.2 Å². The van der Waals surface area contributed by atoms with Crippen LogP contribution in [0.3, 0.4) is 0 Å². The molecule has 2 aromatic carbocycles. The van der Waals surface area contributed by atoms with Crippen molar-refractivity contribution in [3.05, 3.63) is 70.4 Å². The molecule has 5 rings (SSSR count). The summed E-state index contributed by atoms with van der Waals surface area (Å²) in [6.45, 7) is 5.36. The molecule has 0 unspecified atom stereocenters. The summed E-state index contributed by atoms with van der Waals surface area (Å²) in [6, 6.07) is 11.6. The zero-order chi connectivity index (χ0) is 27.7. The van der Waals surface area contributed by atoms with Crippen LogP contribution in [0, 0.1) is 18.7 Å². The maximum atomic E-state index is 14.9. The lowest BCUT2D eigenvalue weighted by molar-refractivity contribution is 0.127. The Kier molecular flexibility index (Phi) is 7.51. The first-order valence-corrected chi connectivity index (χ1v) is 12.7. The summed E-state index contributed by atoms with van der Waals surface area (Å²) < 4.78 is 54.6. The van der Waals surface area contributed by atoms with Gasteiger partial charge in [-0.2, -0.15) is 4.39 Å². The number of hydrogen-bond donors (Lipinski definition) is 2. The molecule has 0 atom stereocenters. The third-order valence-electron chi connectivity index (χ3n) is 7.01. The topological polar surface area (TPSA) is 91.1 Å². The number of H-pyrrole nitrogens is 1. The van der Waals surface area contributed by atoms with Crippen LogP contribution in [0.4, 0.5) is 29.1 Å². The van der Waals surface area contributed by atoms with Crippen molar-refractivity contribution in [1.82, 2.24) is 19.9 Å². The van der Waals surface area contributed by atoms with Crippen molar-refractivity contribution in [1.29, 1.82) is 0 Å². The SMILES string of the molecule is Cc1nc2cc(-c3cc(-c4ccc(N5CCN(CCCC(F)F)CC5)cc4)c(F)nc3N)cc(F)c2c(=O)[nH]1. The van der Waals surface area contributed by atoms with Crippen LogP contribution in [0.5, 0.6) is 0 Å². The predicted molar refractivity (Wildman–Crippen MR) is 144 cm³/mol. The molecule has 1 saturated heterocycles. The van der Waals surface area contributed by atoms with Gasteiger partial charge in [-0.15, -0.1) is 0 Å². The summed E-state index contributed by atoms with van der Waals surface area (Å²) in [4.78, 5) is 27.1. The van der Waals surface area contributed by atoms with E-state index in [1.807, 2.05) is 12.1 Å². The Morgan fingerprint density at radius 2 is 1.69 bits per heavy atom. The van der Waals surface area contributed by atoms with E-state index in [0.29, 0.717) is 35.5 Å². The number of aromatic amines is 1. The highest BCUT2D eigenvalue weighted by Crippen LogP contribution is 2.34. The highest BCUT2D eigenvalue weighted by Gasteiger charge is 2.19. The van der Waals surface area contributed by atoms with Gasteiger partial charge in [0.25, 0.3) is 5.56 Å². The van der Waals surface area contributed by atoms with Crippen LogP contribution in [0.15, 0.2) is 47.3 Å². The summed E-state index contributed by atoms with van der Waals surface area (Å²) in [6.07, 6.45) is -1.86. The first kappa shape index (κ1) is 26.6. The highest BCUT2D eigenvalue weighted by atomic mass is 19.3. The molecule has 0 bridgehead atoms. The van der Waals surface area contributed by atoms with E-state index in [4.69, 9.17) is 5.73 Å². The minimum absolute atomic E-state index is 0.0773. The van der Waals surface area contributed by atoms with Crippen molar-refractivity contribution in [2.45, 2.75) is 26.2 Å². The van der Waals surface area contributed by atoms with Crippen LogP contribution in [0.25, 0.3) is 33.2 Å². The molecular weight excluding hydrogens is 512 g/mol. The smallest absolute Gasteiger partial charge is 0.261 e. The molecule has 0 aliphatic carbocycles. The van der Waals surface area contributed by atoms with Crippen molar-refractivity contribution in [3.63, 3.8) is 0 Å². The number of nitrogen functional groups attached to an aromatic ring is 1. The normalized spacial score (nSPS) is 14.5. The van der Waals surface area contributed by atoms with Crippen molar-refractivity contribution in [2.75, 3.05) is 43.4 Å². The Bertz CT molecular complexity index is 1550. The fourth-order valence-corrected chi connectivity index (χ4v) is 4.98. The zero-order valence-electron chi connectivity index (χ0n) is 21.4. The largest absolute Gasteiger partial charge is 0.383 e. The van der Waals surface area contributed by atoms with Gasteiger partial charge >= 0.3 is 0 Å². The Morgan fingerprint density at radius 3 is 2.38 bits per heavy atom. The number of piperazine rings is 1. The quantitative estimate of drug-likeness (QED) is 0.254. The molecule has 204 valence electrons. The van der Waals surface area contributed by atoms with Crippen LogP contribution in [-0.2, 0) is 0 Å². The van der Waals surface area contributed by atoms with Gasteiger partial charge in [-0.1, -0.05) is 12.1 Å². The molecule has 39 heavy (non-hydrogen) atoms. The van der Waals surface area contributed by atoms with E-state index in [-0.39, 0.29) is 28.7 Å². The fourth-order valence-electron chi connectivity index (χ4n) is 4.98. The lowest BCUT2D eigenvalue weighted by Gasteiger charge is -2.36. The summed E-state index contributed by atoms with van der Waals surface area (Å²) in [7, 11) is 0. The number of fused-ring (bicyclic) bond motifs is 1.